The number of nitrogens with one attached hydrogen (secondary N) is 4. The first-order chi connectivity index (χ1) is 15.5. The van der Waals surface area contributed by atoms with Crippen LogP contribution in [0.25, 0.3) is 0 Å². The predicted molar refractivity (Wildman–Crippen MR) is 109 cm³/mol. The Kier molecular flexibility index (Phi) is 18.2. The molecule has 1 radical (unpaired) electrons. The number of carbonyl (C=O) groups excluding carboxylic acids is 6. The van der Waals surface area contributed by atoms with Gasteiger partial charge in [-0.2, -0.15) is 0 Å². The molecule has 0 aromatic heterocycles. The summed E-state index contributed by atoms with van der Waals surface area (Å²) in [6, 6.07) is -4.11. The number of carbonyl (C=O) groups is 6. The third kappa shape index (κ3) is 16.2. The Morgan fingerprint density at radius 1 is 1.03 bits per heavy atom. The molecule has 0 bridgehead atoms. The monoisotopic (exact) mass is 482 g/mol. The van der Waals surface area contributed by atoms with Crippen LogP contribution in [0.5, 0.6) is 0 Å². The van der Waals surface area contributed by atoms with E-state index in [-0.39, 0.29) is 67.6 Å². The molecule has 0 fully saturated rings. The fourth-order valence-corrected chi connectivity index (χ4v) is 2.59. The average molecular weight is 483 g/mol. The summed E-state index contributed by atoms with van der Waals surface area (Å²) in [5.41, 5.74) is 16.6. The summed E-state index contributed by atoms with van der Waals surface area (Å²) < 4.78 is 6.91. The zero-order valence-corrected chi connectivity index (χ0v) is 20.9. The van der Waals surface area contributed by atoms with Gasteiger partial charge in [-0.05, 0) is 38.5 Å². The van der Waals surface area contributed by atoms with Crippen molar-refractivity contribution in [2.24, 2.45) is 5.73 Å². The van der Waals surface area contributed by atoms with Crippen LogP contribution in [-0.4, -0.2) is 67.1 Å². The maximum Gasteiger partial charge on any atom is 1.00 e. The molecule has 0 heterocycles. The number of hydrogen-bond donors (Lipinski definition) is 5. The number of aliphatic carboxylic acids is 1. The van der Waals surface area contributed by atoms with Gasteiger partial charge in [-0.25, -0.2) is 5.73 Å². The number of carboxylic acid groups (broad SMARTS) is 1. The van der Waals surface area contributed by atoms with Gasteiger partial charge in [0.05, 0.1) is 6.54 Å². The van der Waals surface area contributed by atoms with Crippen LogP contribution in [0.1, 0.15) is 52.7 Å². The van der Waals surface area contributed by atoms with Crippen LogP contribution >= 0.6 is 0 Å². The molecule has 3 atom stereocenters. The van der Waals surface area contributed by atoms with Crippen molar-refractivity contribution in [2.45, 2.75) is 69.5 Å². The maximum absolute atomic E-state index is 12.7. The number of hydrogen-bond acceptors (Lipinski definition) is 7. The van der Waals surface area contributed by atoms with Crippen molar-refractivity contribution in [2.75, 3.05) is 13.1 Å². The third-order valence-corrected chi connectivity index (χ3v) is 4.44. The van der Waals surface area contributed by atoms with Crippen molar-refractivity contribution in [3.8, 4) is 0 Å². The van der Waals surface area contributed by atoms with E-state index in [2.05, 4.69) is 21.7 Å². The molecule has 4 amide bonds. The molecular formula is C19H33N6NaO7+. The molecule has 9 N–H and O–H groups in total. The van der Waals surface area contributed by atoms with Crippen LogP contribution in [0.2, 0.25) is 0 Å². The van der Waals surface area contributed by atoms with Gasteiger partial charge in [0.1, 0.15) is 25.8 Å². The molecule has 0 aliphatic carbocycles. The summed E-state index contributed by atoms with van der Waals surface area (Å²) in [6.07, 6.45) is -1.16. The van der Waals surface area contributed by atoms with Gasteiger partial charge in [-0.1, -0.05) is 0 Å². The molecule has 0 aliphatic rings. The summed E-state index contributed by atoms with van der Waals surface area (Å²) in [6.45, 7) is 1.14. The summed E-state index contributed by atoms with van der Waals surface area (Å²) >= 11 is 0. The van der Waals surface area contributed by atoms with Gasteiger partial charge in [-0.15, -0.1) is 0 Å². The summed E-state index contributed by atoms with van der Waals surface area (Å²) in [4.78, 5) is 69.9. The van der Waals surface area contributed by atoms with Gasteiger partial charge in [-0.3, -0.25) is 19.2 Å². The first-order valence-electron chi connectivity index (χ1n) is 10.8. The Morgan fingerprint density at radius 2 is 1.67 bits per heavy atom. The smallest absolute Gasteiger partial charge is 0.550 e. The average Bonchev–Trinajstić information content (AvgIpc) is 2.74. The number of rotatable bonds is 18. The number of carboxylic acids is 1. The topological polar surface area (TPSA) is 239 Å². The zero-order chi connectivity index (χ0) is 25.4. The summed E-state index contributed by atoms with van der Waals surface area (Å²) in [5, 5.41) is 17.8. The zero-order valence-electron chi connectivity index (χ0n) is 19.9. The second-order valence-corrected chi connectivity index (χ2v) is 7.12. The minimum Gasteiger partial charge on any atom is -0.550 e. The fraction of sp³-hybridized carbons (Fsp3) is 0.684. The Hall–Kier alpha value is -2.06. The van der Waals surface area contributed by atoms with Gasteiger partial charge in [0, 0.05) is 25.4 Å². The van der Waals surface area contributed by atoms with E-state index < -0.39 is 54.5 Å². The fourth-order valence-electron chi connectivity index (χ4n) is 2.59. The second kappa shape index (κ2) is 19.4. The molecule has 0 aromatic carbocycles. The van der Waals surface area contributed by atoms with E-state index in [0.29, 0.717) is 6.54 Å². The molecular weight excluding hydrogens is 447 g/mol. The SMILES string of the molecule is [3H]C(=O)CCC(NC(=O)C(CCC(=O)NCCCC[NH3+])NC(=O)C([NH])CCC(=O)[O-])C(N)=O.[Na+]. The summed E-state index contributed by atoms with van der Waals surface area (Å²) in [5.74, 6) is -4.58. The molecule has 0 rings (SSSR count). The van der Waals surface area contributed by atoms with Gasteiger partial charge < -0.3 is 42.1 Å². The quantitative estimate of drug-likeness (QED) is 0.0717. The van der Waals surface area contributed by atoms with Crippen molar-refractivity contribution in [3.63, 3.8) is 0 Å². The Bertz CT molecular complexity index is 713. The third-order valence-electron chi connectivity index (χ3n) is 4.44. The second-order valence-electron chi connectivity index (χ2n) is 7.12. The van der Waals surface area contributed by atoms with Crippen LogP contribution in [-0.2, 0) is 28.8 Å². The molecule has 14 heteroatoms. The molecule has 0 aromatic rings. The maximum atomic E-state index is 12.7. The molecule has 0 spiro atoms. The predicted octanol–water partition coefficient (Wildman–Crippen LogP) is -7.48. The Morgan fingerprint density at radius 3 is 2.21 bits per heavy atom. The first kappa shape index (κ1) is 30.9. The standard InChI is InChI=1S/C19H33N6O7.Na/c20-9-1-2-10-23-15(27)7-6-14(25-18(31)12(21)5-8-16(28)29)19(32)24-13(17(22)30)4-3-11-26;/h11-14,21H,1-10,20H2,(H2,22,30)(H,23,27)(H,24,32)(H,25,31)(H,28,29);/q;+1/i11T;. The van der Waals surface area contributed by atoms with Gasteiger partial charge >= 0.3 is 29.6 Å². The van der Waals surface area contributed by atoms with Crippen molar-refractivity contribution in [1.29, 1.82) is 0 Å². The van der Waals surface area contributed by atoms with Crippen molar-refractivity contribution in [3.05, 3.63) is 0 Å². The molecule has 181 valence electrons. The molecule has 3 unspecified atom stereocenters. The van der Waals surface area contributed by atoms with Crippen molar-refractivity contribution < 1.29 is 70.5 Å². The van der Waals surface area contributed by atoms with E-state index in [0.717, 1.165) is 19.4 Å². The Balaban J connectivity index is 0. The van der Waals surface area contributed by atoms with Crippen LogP contribution in [0.3, 0.4) is 0 Å². The molecule has 33 heavy (non-hydrogen) atoms. The minimum absolute atomic E-state index is 0. The molecule has 13 nitrogen and oxygen atoms in total. The van der Waals surface area contributed by atoms with Gasteiger partial charge in [0.25, 0.3) is 0 Å². The van der Waals surface area contributed by atoms with E-state index in [1.54, 1.807) is 0 Å². The summed E-state index contributed by atoms with van der Waals surface area (Å²) in [7, 11) is 0. The largest absolute Gasteiger partial charge is 1.00 e. The van der Waals surface area contributed by atoms with Gasteiger partial charge in [0.15, 0.2) is 0 Å². The van der Waals surface area contributed by atoms with Gasteiger partial charge in [0.2, 0.25) is 23.6 Å². The Labute approximate surface area is 216 Å². The molecule has 0 saturated carbocycles. The van der Waals surface area contributed by atoms with E-state index in [4.69, 9.17) is 12.8 Å². The number of quaternary nitrogens is 1. The van der Waals surface area contributed by atoms with E-state index in [9.17, 15) is 33.9 Å². The van der Waals surface area contributed by atoms with Crippen LogP contribution < -0.4 is 67.8 Å². The van der Waals surface area contributed by atoms with E-state index in [1.807, 2.05) is 0 Å². The van der Waals surface area contributed by atoms with Crippen molar-refractivity contribution >= 4 is 35.9 Å². The van der Waals surface area contributed by atoms with Crippen LogP contribution in [0.15, 0.2) is 0 Å². The normalized spacial score (nSPS) is 13.3. The number of nitrogens with two attached hydrogens (primary N) is 1. The van der Waals surface area contributed by atoms with Crippen LogP contribution in [0, 0.1) is 0 Å². The number of aldehydes is 1. The number of amides is 4. The van der Waals surface area contributed by atoms with E-state index in [1.165, 1.54) is 0 Å². The number of unbranched alkanes of at least 4 members (excludes halogenated alkanes) is 1. The van der Waals surface area contributed by atoms with Crippen LogP contribution in [0.4, 0.5) is 0 Å². The van der Waals surface area contributed by atoms with Crippen molar-refractivity contribution in [1.82, 2.24) is 21.7 Å². The first-order valence-corrected chi connectivity index (χ1v) is 10.3. The van der Waals surface area contributed by atoms with E-state index >= 15 is 0 Å². The molecule has 0 saturated heterocycles. The molecule has 0 aliphatic heterocycles. The number of primary amides is 1. The minimum atomic E-state index is -1.50.